The second-order valence-electron chi connectivity index (χ2n) is 4.03. The van der Waals surface area contributed by atoms with E-state index in [0.717, 1.165) is 28.0 Å². The van der Waals surface area contributed by atoms with Crippen molar-refractivity contribution >= 4 is 33.0 Å². The lowest BCUT2D eigenvalue weighted by molar-refractivity contribution is 0.605. The minimum Gasteiger partial charge on any atom is -0.398 e. The van der Waals surface area contributed by atoms with Crippen molar-refractivity contribution in [2.45, 2.75) is 19.4 Å². The van der Waals surface area contributed by atoms with Crippen molar-refractivity contribution in [2.75, 3.05) is 12.3 Å². The Balaban J connectivity index is 2.33. The smallest absolute Gasteiger partial charge is 0.0707 e. The summed E-state index contributed by atoms with van der Waals surface area (Å²) >= 11 is 5.22. The number of aromatic nitrogens is 1. The maximum atomic E-state index is 6.05. The van der Waals surface area contributed by atoms with Gasteiger partial charge in [0.15, 0.2) is 0 Å². The number of thiophene rings is 1. The van der Waals surface area contributed by atoms with E-state index >= 15 is 0 Å². The van der Waals surface area contributed by atoms with Gasteiger partial charge in [-0.25, -0.2) is 0 Å². The third-order valence-corrected chi connectivity index (χ3v) is 4.36. The van der Waals surface area contributed by atoms with Gasteiger partial charge in [0.1, 0.15) is 0 Å². The molecule has 2 heterocycles. The molecular formula is C13H16BrN3S. The molecule has 0 fully saturated rings. The largest absolute Gasteiger partial charge is 0.398 e. The maximum Gasteiger partial charge on any atom is 0.0707 e. The van der Waals surface area contributed by atoms with Gasteiger partial charge >= 0.3 is 0 Å². The molecule has 2 rings (SSSR count). The topological polar surface area (TPSA) is 50.9 Å². The molecule has 0 aliphatic heterocycles. The number of rotatable bonds is 5. The van der Waals surface area contributed by atoms with Gasteiger partial charge < -0.3 is 11.1 Å². The van der Waals surface area contributed by atoms with Crippen LogP contribution in [-0.4, -0.2) is 11.5 Å². The lowest BCUT2D eigenvalue weighted by Crippen LogP contribution is -2.23. The molecule has 1 unspecified atom stereocenters. The first kappa shape index (κ1) is 13.5. The summed E-state index contributed by atoms with van der Waals surface area (Å²) in [5.41, 5.74) is 7.87. The average Bonchev–Trinajstić information content (AvgIpc) is 2.78. The van der Waals surface area contributed by atoms with Crippen LogP contribution in [0.5, 0.6) is 0 Å². The zero-order valence-corrected chi connectivity index (χ0v) is 12.6. The number of anilines is 1. The van der Waals surface area contributed by atoms with Crippen LogP contribution >= 0.6 is 27.3 Å². The van der Waals surface area contributed by atoms with Crippen LogP contribution in [0, 0.1) is 0 Å². The highest BCUT2D eigenvalue weighted by Gasteiger charge is 2.17. The summed E-state index contributed by atoms with van der Waals surface area (Å²) < 4.78 is 1.13. The van der Waals surface area contributed by atoms with Gasteiger partial charge in [0, 0.05) is 28.5 Å². The van der Waals surface area contributed by atoms with E-state index in [-0.39, 0.29) is 6.04 Å². The molecule has 0 aliphatic rings. The molecule has 0 radical (unpaired) electrons. The number of hydrogen-bond acceptors (Lipinski definition) is 4. The molecule has 5 heteroatoms. The zero-order chi connectivity index (χ0) is 13.0. The van der Waals surface area contributed by atoms with Crippen LogP contribution < -0.4 is 11.1 Å². The van der Waals surface area contributed by atoms with Crippen molar-refractivity contribution in [3.05, 3.63) is 44.8 Å². The Labute approximate surface area is 120 Å². The molecule has 2 aromatic rings. The Morgan fingerprint density at radius 2 is 2.28 bits per heavy atom. The molecule has 0 saturated carbocycles. The van der Waals surface area contributed by atoms with Gasteiger partial charge in [-0.2, -0.15) is 0 Å². The van der Waals surface area contributed by atoms with Gasteiger partial charge in [-0.15, -0.1) is 11.3 Å². The van der Waals surface area contributed by atoms with Crippen LogP contribution in [0.2, 0.25) is 0 Å². The fraction of sp³-hybridized carbons (Fsp3) is 0.308. The second kappa shape index (κ2) is 6.31. The fourth-order valence-electron chi connectivity index (χ4n) is 1.79. The molecule has 1 atom stereocenters. The van der Waals surface area contributed by atoms with Crippen molar-refractivity contribution in [1.82, 2.24) is 10.3 Å². The number of hydrogen-bond donors (Lipinski definition) is 2. The molecule has 0 aromatic carbocycles. The minimum absolute atomic E-state index is 0.120. The Hall–Kier alpha value is -0.910. The van der Waals surface area contributed by atoms with Gasteiger partial charge in [0.2, 0.25) is 0 Å². The highest BCUT2D eigenvalue weighted by molar-refractivity contribution is 9.11. The highest BCUT2D eigenvalue weighted by atomic mass is 79.9. The van der Waals surface area contributed by atoms with Crippen LogP contribution in [0.15, 0.2) is 34.4 Å². The van der Waals surface area contributed by atoms with E-state index in [1.165, 1.54) is 4.88 Å². The summed E-state index contributed by atoms with van der Waals surface area (Å²) in [5.74, 6) is 0. The predicted octanol–water partition coefficient (Wildman–Crippen LogP) is 3.58. The number of nitrogens with two attached hydrogens (primary N) is 1. The molecular weight excluding hydrogens is 310 g/mol. The Kier molecular flexibility index (Phi) is 4.74. The van der Waals surface area contributed by atoms with E-state index in [1.54, 1.807) is 17.5 Å². The minimum atomic E-state index is 0.120. The third kappa shape index (κ3) is 3.10. The summed E-state index contributed by atoms with van der Waals surface area (Å²) in [6, 6.07) is 6.15. The maximum absolute atomic E-state index is 6.05. The third-order valence-electron chi connectivity index (χ3n) is 2.68. The number of nitrogen functional groups attached to an aromatic ring is 1. The monoisotopic (exact) mass is 325 g/mol. The quantitative estimate of drug-likeness (QED) is 0.883. The summed E-state index contributed by atoms with van der Waals surface area (Å²) in [7, 11) is 0. The van der Waals surface area contributed by atoms with Crippen molar-refractivity contribution < 1.29 is 0 Å². The van der Waals surface area contributed by atoms with Gasteiger partial charge in [-0.3, -0.25) is 4.98 Å². The van der Waals surface area contributed by atoms with Crippen molar-refractivity contribution in [3.63, 3.8) is 0 Å². The van der Waals surface area contributed by atoms with Gasteiger partial charge in [-0.1, -0.05) is 6.92 Å². The lowest BCUT2D eigenvalue weighted by atomic mass is 10.1. The van der Waals surface area contributed by atoms with E-state index in [0.29, 0.717) is 0 Å². The fourth-order valence-corrected chi connectivity index (χ4v) is 3.31. The SMILES string of the molecule is CCCNC(c1ccc(Br)s1)c1cnccc1N. The molecule has 0 amide bonds. The molecule has 0 aliphatic carbocycles. The molecule has 3 N–H and O–H groups in total. The average molecular weight is 326 g/mol. The van der Waals surface area contributed by atoms with Crippen molar-refractivity contribution in [1.29, 1.82) is 0 Å². The number of halogens is 1. The summed E-state index contributed by atoms with van der Waals surface area (Å²) in [4.78, 5) is 5.43. The predicted molar refractivity (Wildman–Crippen MR) is 80.8 cm³/mol. The van der Waals surface area contributed by atoms with Gasteiger partial charge in [-0.05, 0) is 47.1 Å². The summed E-state index contributed by atoms with van der Waals surface area (Å²) in [5, 5.41) is 3.53. The van der Waals surface area contributed by atoms with Crippen LogP contribution in [0.3, 0.4) is 0 Å². The number of pyridine rings is 1. The van der Waals surface area contributed by atoms with Crippen LogP contribution in [0.25, 0.3) is 0 Å². The highest BCUT2D eigenvalue weighted by Crippen LogP contribution is 2.33. The van der Waals surface area contributed by atoms with Crippen molar-refractivity contribution in [3.8, 4) is 0 Å². The molecule has 18 heavy (non-hydrogen) atoms. The normalized spacial score (nSPS) is 12.6. The molecule has 0 saturated heterocycles. The summed E-state index contributed by atoms with van der Waals surface area (Å²) in [6.45, 7) is 3.11. The van der Waals surface area contributed by atoms with E-state index in [2.05, 4.69) is 45.3 Å². The summed E-state index contributed by atoms with van der Waals surface area (Å²) in [6.07, 6.45) is 4.65. The Morgan fingerprint density at radius 1 is 1.44 bits per heavy atom. The first-order valence-corrected chi connectivity index (χ1v) is 7.51. The molecule has 2 aromatic heterocycles. The Bertz CT molecular complexity index is 512. The second-order valence-corrected chi connectivity index (χ2v) is 6.53. The number of nitrogens with one attached hydrogen (secondary N) is 1. The van der Waals surface area contributed by atoms with E-state index in [9.17, 15) is 0 Å². The van der Waals surface area contributed by atoms with Crippen LogP contribution in [0.1, 0.15) is 29.8 Å². The Morgan fingerprint density at radius 3 is 2.89 bits per heavy atom. The molecule has 0 spiro atoms. The first-order valence-electron chi connectivity index (χ1n) is 5.90. The van der Waals surface area contributed by atoms with E-state index in [1.807, 2.05) is 12.3 Å². The zero-order valence-electron chi connectivity index (χ0n) is 10.2. The molecule has 3 nitrogen and oxygen atoms in total. The number of nitrogens with zero attached hydrogens (tertiary/aromatic N) is 1. The first-order chi connectivity index (χ1) is 8.72. The van der Waals surface area contributed by atoms with E-state index in [4.69, 9.17) is 5.73 Å². The van der Waals surface area contributed by atoms with Gasteiger partial charge in [0.25, 0.3) is 0 Å². The van der Waals surface area contributed by atoms with Crippen LogP contribution in [0.4, 0.5) is 5.69 Å². The standard InChI is InChI=1S/C13H16BrN3S/c1-2-6-17-13(11-3-4-12(14)18-11)9-8-16-7-5-10(9)15/h3-5,7-8,13,17H,2,6H2,1H3,(H2,15,16). The van der Waals surface area contributed by atoms with Crippen LogP contribution in [-0.2, 0) is 0 Å². The molecule has 96 valence electrons. The van der Waals surface area contributed by atoms with Crippen molar-refractivity contribution in [2.24, 2.45) is 0 Å². The lowest BCUT2D eigenvalue weighted by Gasteiger charge is -2.18. The van der Waals surface area contributed by atoms with Gasteiger partial charge in [0.05, 0.1) is 9.83 Å². The molecule has 0 bridgehead atoms. The van der Waals surface area contributed by atoms with E-state index < -0.39 is 0 Å².